The maximum absolute atomic E-state index is 12.8. The highest BCUT2D eigenvalue weighted by molar-refractivity contribution is 7.92. The maximum Gasteiger partial charge on any atom is 0.261 e. The van der Waals surface area contributed by atoms with Crippen LogP contribution in [0, 0.1) is 13.8 Å². The molecule has 0 aliphatic heterocycles. The topological polar surface area (TPSA) is 88.2 Å². The molecule has 2 aromatic carbocycles. The fourth-order valence-corrected chi connectivity index (χ4v) is 4.87. The van der Waals surface area contributed by atoms with Crippen LogP contribution in [-0.4, -0.2) is 19.3 Å². The van der Waals surface area contributed by atoms with Crippen molar-refractivity contribution in [2.75, 3.05) is 10.0 Å². The van der Waals surface area contributed by atoms with Crippen LogP contribution in [0.25, 0.3) is 0 Å². The van der Waals surface area contributed by atoms with Gasteiger partial charge < -0.3 is 0 Å². The molecule has 6 nitrogen and oxygen atoms in total. The van der Waals surface area contributed by atoms with Gasteiger partial charge in [0, 0.05) is 22.5 Å². The summed E-state index contributed by atoms with van der Waals surface area (Å²) in [5.41, 5.74) is 3.44. The van der Waals surface area contributed by atoms with E-state index < -0.39 is 10.0 Å². The van der Waals surface area contributed by atoms with Gasteiger partial charge in [0.05, 0.1) is 10.6 Å². The van der Waals surface area contributed by atoms with Gasteiger partial charge in [-0.15, -0.1) is 11.3 Å². The number of thiazole rings is 1. The van der Waals surface area contributed by atoms with E-state index in [1.807, 2.05) is 18.4 Å². The summed E-state index contributed by atoms with van der Waals surface area (Å²) in [5.74, 6) is 0.145. The number of sulfonamides is 1. The van der Waals surface area contributed by atoms with Crippen molar-refractivity contribution in [3.05, 3.63) is 70.2 Å². The van der Waals surface area contributed by atoms with E-state index >= 15 is 0 Å². The molecule has 1 saturated carbocycles. The van der Waals surface area contributed by atoms with Crippen LogP contribution in [0.5, 0.6) is 0 Å². The second-order valence-electron chi connectivity index (χ2n) is 7.26. The summed E-state index contributed by atoms with van der Waals surface area (Å²) in [6.07, 6.45) is 2.29. The van der Waals surface area contributed by atoms with Gasteiger partial charge in [-0.1, -0.05) is 18.2 Å². The predicted octanol–water partition coefficient (Wildman–Crippen LogP) is 4.69. The van der Waals surface area contributed by atoms with Gasteiger partial charge in [-0.05, 0) is 62.1 Å². The number of hydrogen-bond acceptors (Lipinski definition) is 5. The van der Waals surface area contributed by atoms with E-state index in [1.165, 1.54) is 23.5 Å². The summed E-state index contributed by atoms with van der Waals surface area (Å²) in [6, 6.07) is 11.6. The molecule has 29 heavy (non-hydrogen) atoms. The molecule has 0 saturated heterocycles. The number of benzene rings is 2. The monoisotopic (exact) mass is 427 g/mol. The Kier molecular flexibility index (Phi) is 5.14. The molecule has 4 rings (SSSR count). The minimum atomic E-state index is -3.82. The predicted molar refractivity (Wildman–Crippen MR) is 115 cm³/mol. The molecule has 1 heterocycles. The summed E-state index contributed by atoms with van der Waals surface area (Å²) >= 11 is 1.39. The second kappa shape index (κ2) is 7.61. The molecule has 1 aliphatic carbocycles. The average molecular weight is 428 g/mol. The molecule has 0 spiro atoms. The van der Waals surface area contributed by atoms with Crippen molar-refractivity contribution in [2.45, 2.75) is 37.5 Å². The lowest BCUT2D eigenvalue weighted by molar-refractivity contribution is 0.102. The van der Waals surface area contributed by atoms with Crippen molar-refractivity contribution in [1.82, 2.24) is 4.98 Å². The Morgan fingerprint density at radius 3 is 2.66 bits per heavy atom. The summed E-state index contributed by atoms with van der Waals surface area (Å²) in [5, 5.41) is 5.29. The zero-order valence-corrected chi connectivity index (χ0v) is 17.7. The Hall–Kier alpha value is -2.71. The van der Waals surface area contributed by atoms with Gasteiger partial charge in [0.15, 0.2) is 5.13 Å². The number of carbonyl (C=O) groups excluding carboxylic acids is 1. The van der Waals surface area contributed by atoms with Crippen molar-refractivity contribution < 1.29 is 13.2 Å². The summed E-state index contributed by atoms with van der Waals surface area (Å²) in [6.45, 7) is 3.66. The number of nitrogens with one attached hydrogen (secondary N) is 2. The molecular formula is C21H21N3O3S2. The standard InChI is InChI=1S/C21H21N3O3S2/c1-13-4-3-5-16(10-13)24-29(26,27)17-9-6-14(2)18(11-17)20(25)23-21-22-19(12-28-21)15-7-8-15/h3-6,9-12,15,24H,7-8H2,1-2H3,(H,22,23,25). The molecule has 1 aromatic heterocycles. The lowest BCUT2D eigenvalue weighted by atomic mass is 10.1. The van der Waals surface area contributed by atoms with Crippen molar-refractivity contribution in [3.63, 3.8) is 0 Å². The molecule has 1 amide bonds. The van der Waals surface area contributed by atoms with Gasteiger partial charge in [-0.2, -0.15) is 0 Å². The van der Waals surface area contributed by atoms with Crippen LogP contribution < -0.4 is 10.0 Å². The highest BCUT2D eigenvalue weighted by Gasteiger charge is 2.26. The van der Waals surface area contributed by atoms with Crippen LogP contribution in [0.1, 0.15) is 45.9 Å². The molecule has 3 aromatic rings. The van der Waals surface area contributed by atoms with Gasteiger partial charge in [0.2, 0.25) is 0 Å². The van der Waals surface area contributed by atoms with Gasteiger partial charge in [-0.3, -0.25) is 14.8 Å². The summed E-state index contributed by atoms with van der Waals surface area (Å²) in [7, 11) is -3.82. The van der Waals surface area contributed by atoms with E-state index in [1.54, 1.807) is 31.2 Å². The van der Waals surface area contributed by atoms with E-state index in [-0.39, 0.29) is 10.8 Å². The van der Waals surface area contributed by atoms with Gasteiger partial charge in [-0.25, -0.2) is 13.4 Å². The quantitative estimate of drug-likeness (QED) is 0.597. The normalized spacial score (nSPS) is 13.9. The average Bonchev–Trinajstić information content (AvgIpc) is 3.41. The number of amides is 1. The SMILES string of the molecule is Cc1cccc(NS(=O)(=O)c2ccc(C)c(C(=O)Nc3nc(C4CC4)cs3)c2)c1. The van der Waals surface area contributed by atoms with E-state index in [0.29, 0.717) is 27.9 Å². The van der Waals surface area contributed by atoms with Crippen LogP contribution in [0.15, 0.2) is 52.7 Å². The molecule has 150 valence electrons. The largest absolute Gasteiger partial charge is 0.298 e. The van der Waals surface area contributed by atoms with E-state index in [4.69, 9.17) is 0 Å². The Morgan fingerprint density at radius 1 is 1.14 bits per heavy atom. The first-order chi connectivity index (χ1) is 13.8. The Labute approximate surface area is 174 Å². The van der Waals surface area contributed by atoms with E-state index in [9.17, 15) is 13.2 Å². The van der Waals surface area contributed by atoms with Crippen LogP contribution in [0.4, 0.5) is 10.8 Å². The van der Waals surface area contributed by atoms with Crippen LogP contribution in [-0.2, 0) is 10.0 Å². The zero-order chi connectivity index (χ0) is 20.6. The van der Waals surface area contributed by atoms with Crippen LogP contribution >= 0.6 is 11.3 Å². The molecule has 0 unspecified atom stereocenters. The number of nitrogens with zero attached hydrogens (tertiary/aromatic N) is 1. The van der Waals surface area contributed by atoms with Crippen molar-refractivity contribution >= 4 is 38.1 Å². The second-order valence-corrected chi connectivity index (χ2v) is 9.80. The fraction of sp³-hybridized carbons (Fsp3) is 0.238. The lowest BCUT2D eigenvalue weighted by Crippen LogP contribution is -2.17. The first-order valence-corrected chi connectivity index (χ1v) is 11.6. The highest BCUT2D eigenvalue weighted by Crippen LogP contribution is 2.40. The summed E-state index contributed by atoms with van der Waals surface area (Å²) < 4.78 is 28.1. The summed E-state index contributed by atoms with van der Waals surface area (Å²) in [4.78, 5) is 17.2. The molecular weight excluding hydrogens is 406 g/mol. The Morgan fingerprint density at radius 2 is 1.93 bits per heavy atom. The number of carbonyl (C=O) groups is 1. The number of rotatable bonds is 6. The third-order valence-electron chi connectivity index (χ3n) is 4.77. The Balaban J connectivity index is 1.56. The highest BCUT2D eigenvalue weighted by atomic mass is 32.2. The smallest absolute Gasteiger partial charge is 0.261 e. The van der Waals surface area contributed by atoms with E-state index in [0.717, 1.165) is 24.1 Å². The lowest BCUT2D eigenvalue weighted by Gasteiger charge is -2.11. The molecule has 1 fully saturated rings. The van der Waals surface area contributed by atoms with Crippen molar-refractivity contribution in [1.29, 1.82) is 0 Å². The van der Waals surface area contributed by atoms with Crippen molar-refractivity contribution in [3.8, 4) is 0 Å². The molecule has 0 bridgehead atoms. The van der Waals surface area contributed by atoms with Gasteiger partial charge >= 0.3 is 0 Å². The van der Waals surface area contributed by atoms with Crippen LogP contribution in [0.2, 0.25) is 0 Å². The minimum absolute atomic E-state index is 0.0348. The molecule has 0 radical (unpaired) electrons. The molecule has 1 aliphatic rings. The Bertz CT molecular complexity index is 1180. The number of anilines is 2. The number of aromatic nitrogens is 1. The number of hydrogen-bond donors (Lipinski definition) is 2. The molecule has 0 atom stereocenters. The van der Waals surface area contributed by atoms with Crippen molar-refractivity contribution in [2.24, 2.45) is 0 Å². The third-order valence-corrected chi connectivity index (χ3v) is 6.93. The first-order valence-electron chi connectivity index (χ1n) is 9.29. The van der Waals surface area contributed by atoms with Gasteiger partial charge in [0.25, 0.3) is 15.9 Å². The van der Waals surface area contributed by atoms with E-state index in [2.05, 4.69) is 15.0 Å². The van der Waals surface area contributed by atoms with Crippen LogP contribution in [0.3, 0.4) is 0 Å². The third kappa shape index (κ3) is 4.49. The molecule has 2 N–H and O–H groups in total. The maximum atomic E-state index is 12.8. The fourth-order valence-electron chi connectivity index (χ4n) is 3.01. The zero-order valence-electron chi connectivity index (χ0n) is 16.1. The number of aryl methyl sites for hydroxylation is 2. The minimum Gasteiger partial charge on any atom is -0.298 e. The molecule has 8 heteroatoms. The first kappa shape index (κ1) is 19.6. The van der Waals surface area contributed by atoms with Gasteiger partial charge in [0.1, 0.15) is 0 Å².